The zero-order valence-corrected chi connectivity index (χ0v) is 13.6. The first-order chi connectivity index (χ1) is 11.1. The molecule has 0 fully saturated rings. The van der Waals surface area contributed by atoms with Crippen LogP contribution in [0.2, 0.25) is 0 Å². The van der Waals surface area contributed by atoms with Gasteiger partial charge in [0.1, 0.15) is 13.2 Å². The predicted molar refractivity (Wildman–Crippen MR) is 89.2 cm³/mol. The zero-order valence-electron chi connectivity index (χ0n) is 13.6. The summed E-state index contributed by atoms with van der Waals surface area (Å²) in [6.45, 7) is 6.14. The van der Waals surface area contributed by atoms with Crippen molar-refractivity contribution in [3.05, 3.63) is 41.7 Å². The van der Waals surface area contributed by atoms with Crippen LogP contribution in [-0.4, -0.2) is 23.7 Å². The third-order valence-electron chi connectivity index (χ3n) is 4.03. The van der Waals surface area contributed by atoms with E-state index in [9.17, 15) is 4.79 Å². The first-order valence-corrected chi connectivity index (χ1v) is 7.96. The van der Waals surface area contributed by atoms with Gasteiger partial charge in [0.2, 0.25) is 5.91 Å². The zero-order chi connectivity index (χ0) is 16.2. The van der Waals surface area contributed by atoms with E-state index in [0.717, 1.165) is 24.4 Å². The minimum atomic E-state index is 0.0177. The molecule has 122 valence electrons. The van der Waals surface area contributed by atoms with Crippen molar-refractivity contribution in [2.45, 2.75) is 33.2 Å². The second-order valence-electron chi connectivity index (χ2n) is 5.78. The number of nitrogens with zero attached hydrogens (tertiary/aromatic N) is 1. The van der Waals surface area contributed by atoms with Crippen LogP contribution in [0, 0.1) is 13.8 Å². The largest absolute Gasteiger partial charge is 0.486 e. The van der Waals surface area contributed by atoms with Gasteiger partial charge in [-0.05, 0) is 44.5 Å². The van der Waals surface area contributed by atoms with Gasteiger partial charge in [0.15, 0.2) is 11.5 Å². The molecule has 1 aromatic carbocycles. The van der Waals surface area contributed by atoms with Gasteiger partial charge in [0.25, 0.3) is 0 Å². The molecule has 2 heterocycles. The molecule has 1 aliphatic rings. The van der Waals surface area contributed by atoms with Gasteiger partial charge in [-0.15, -0.1) is 0 Å². The number of carbonyl (C=O) groups is 1. The van der Waals surface area contributed by atoms with Gasteiger partial charge in [0.05, 0.1) is 0 Å². The third kappa shape index (κ3) is 3.67. The standard InChI is InChI=1S/C18H22N2O3/c1-13-5-6-14(2)20(13)9-3-4-18(21)19-15-7-8-16-17(12-15)23-11-10-22-16/h5-8,12H,3-4,9-11H2,1-2H3,(H,19,21). The molecular weight excluding hydrogens is 292 g/mol. The molecule has 0 saturated carbocycles. The lowest BCUT2D eigenvalue weighted by atomic mass is 10.2. The van der Waals surface area contributed by atoms with E-state index in [4.69, 9.17) is 9.47 Å². The number of hydrogen-bond donors (Lipinski definition) is 1. The summed E-state index contributed by atoms with van der Waals surface area (Å²) in [4.78, 5) is 12.1. The van der Waals surface area contributed by atoms with Gasteiger partial charge in [-0.3, -0.25) is 4.79 Å². The molecular formula is C18H22N2O3. The van der Waals surface area contributed by atoms with Gasteiger partial charge >= 0.3 is 0 Å². The van der Waals surface area contributed by atoms with Crippen LogP contribution in [0.3, 0.4) is 0 Å². The van der Waals surface area contributed by atoms with Crippen LogP contribution in [0.1, 0.15) is 24.2 Å². The third-order valence-corrected chi connectivity index (χ3v) is 4.03. The van der Waals surface area contributed by atoms with E-state index in [-0.39, 0.29) is 5.91 Å². The monoisotopic (exact) mass is 314 g/mol. The first-order valence-electron chi connectivity index (χ1n) is 7.96. The van der Waals surface area contributed by atoms with Crippen LogP contribution >= 0.6 is 0 Å². The second kappa shape index (κ2) is 6.77. The molecule has 1 aliphatic heterocycles. The Morgan fingerprint density at radius 2 is 1.78 bits per heavy atom. The van der Waals surface area contributed by atoms with Gasteiger partial charge in [-0.1, -0.05) is 0 Å². The van der Waals surface area contributed by atoms with E-state index in [1.54, 1.807) is 0 Å². The van der Waals surface area contributed by atoms with Crippen molar-refractivity contribution in [3.63, 3.8) is 0 Å². The normalized spacial score (nSPS) is 13.0. The van der Waals surface area contributed by atoms with Crippen LogP contribution in [0.25, 0.3) is 0 Å². The summed E-state index contributed by atoms with van der Waals surface area (Å²) in [5.41, 5.74) is 3.21. The number of hydrogen-bond acceptors (Lipinski definition) is 3. The van der Waals surface area contributed by atoms with Crippen LogP contribution in [0.15, 0.2) is 30.3 Å². The lowest BCUT2D eigenvalue weighted by Crippen LogP contribution is -2.16. The maximum atomic E-state index is 12.1. The summed E-state index contributed by atoms with van der Waals surface area (Å²) in [5.74, 6) is 1.43. The first kappa shape index (κ1) is 15.5. The highest BCUT2D eigenvalue weighted by atomic mass is 16.6. The fourth-order valence-corrected chi connectivity index (χ4v) is 2.79. The van der Waals surface area contributed by atoms with E-state index in [0.29, 0.717) is 25.4 Å². The quantitative estimate of drug-likeness (QED) is 0.921. The number of fused-ring (bicyclic) bond motifs is 1. The van der Waals surface area contributed by atoms with E-state index in [2.05, 4.69) is 35.9 Å². The number of aromatic nitrogens is 1. The summed E-state index contributed by atoms with van der Waals surface area (Å²) >= 11 is 0. The molecule has 0 spiro atoms. The Hall–Kier alpha value is -2.43. The lowest BCUT2D eigenvalue weighted by Gasteiger charge is -2.19. The molecule has 1 amide bonds. The SMILES string of the molecule is Cc1ccc(C)n1CCCC(=O)Nc1ccc2c(c1)OCCO2. The molecule has 23 heavy (non-hydrogen) atoms. The maximum absolute atomic E-state index is 12.1. The average Bonchev–Trinajstić information content (AvgIpc) is 2.86. The highest BCUT2D eigenvalue weighted by molar-refractivity contribution is 5.91. The minimum absolute atomic E-state index is 0.0177. The predicted octanol–water partition coefficient (Wildman–Crippen LogP) is 3.30. The Bertz CT molecular complexity index is 687. The van der Waals surface area contributed by atoms with Gasteiger partial charge in [-0.25, -0.2) is 0 Å². The molecule has 0 radical (unpaired) electrons. The smallest absolute Gasteiger partial charge is 0.224 e. The molecule has 3 rings (SSSR count). The van der Waals surface area contributed by atoms with Crippen molar-refractivity contribution in [2.75, 3.05) is 18.5 Å². The van der Waals surface area contributed by atoms with Crippen molar-refractivity contribution in [1.29, 1.82) is 0 Å². The number of amides is 1. The Kier molecular flexibility index (Phi) is 4.55. The summed E-state index contributed by atoms with van der Waals surface area (Å²) in [5, 5.41) is 2.92. The van der Waals surface area contributed by atoms with Crippen molar-refractivity contribution < 1.29 is 14.3 Å². The van der Waals surface area contributed by atoms with E-state index in [1.165, 1.54) is 11.4 Å². The molecule has 0 saturated heterocycles. The van der Waals surface area contributed by atoms with Crippen molar-refractivity contribution in [1.82, 2.24) is 4.57 Å². The van der Waals surface area contributed by atoms with Crippen LogP contribution < -0.4 is 14.8 Å². The molecule has 2 aromatic rings. The van der Waals surface area contributed by atoms with Gasteiger partial charge in [-0.2, -0.15) is 0 Å². The molecule has 5 heteroatoms. The van der Waals surface area contributed by atoms with E-state index < -0.39 is 0 Å². The van der Waals surface area contributed by atoms with Gasteiger partial charge < -0.3 is 19.4 Å². The van der Waals surface area contributed by atoms with Crippen LogP contribution in [0.4, 0.5) is 5.69 Å². The Morgan fingerprint density at radius 3 is 2.52 bits per heavy atom. The summed E-state index contributed by atoms with van der Waals surface area (Å²) in [7, 11) is 0. The van der Waals surface area contributed by atoms with Crippen LogP contribution in [0.5, 0.6) is 11.5 Å². The molecule has 0 unspecified atom stereocenters. The number of rotatable bonds is 5. The lowest BCUT2D eigenvalue weighted by molar-refractivity contribution is -0.116. The van der Waals surface area contributed by atoms with E-state index >= 15 is 0 Å². The molecule has 0 atom stereocenters. The van der Waals surface area contributed by atoms with Crippen molar-refractivity contribution in [3.8, 4) is 11.5 Å². The fraction of sp³-hybridized carbons (Fsp3) is 0.389. The molecule has 1 N–H and O–H groups in total. The number of benzene rings is 1. The number of ether oxygens (including phenoxy) is 2. The van der Waals surface area contributed by atoms with Crippen molar-refractivity contribution in [2.24, 2.45) is 0 Å². The minimum Gasteiger partial charge on any atom is -0.486 e. The maximum Gasteiger partial charge on any atom is 0.224 e. The number of carbonyl (C=O) groups excluding carboxylic acids is 1. The molecule has 1 aromatic heterocycles. The highest BCUT2D eigenvalue weighted by Crippen LogP contribution is 2.32. The molecule has 0 aliphatic carbocycles. The number of anilines is 1. The second-order valence-corrected chi connectivity index (χ2v) is 5.78. The summed E-state index contributed by atoms with van der Waals surface area (Å²) < 4.78 is 13.2. The van der Waals surface area contributed by atoms with Crippen molar-refractivity contribution >= 4 is 11.6 Å². The number of nitrogens with one attached hydrogen (secondary N) is 1. The average molecular weight is 314 g/mol. The van der Waals surface area contributed by atoms with E-state index in [1.807, 2.05) is 18.2 Å². The Morgan fingerprint density at radius 1 is 1.09 bits per heavy atom. The summed E-state index contributed by atoms with van der Waals surface area (Å²) in [6, 6.07) is 9.68. The molecule has 5 nitrogen and oxygen atoms in total. The fourth-order valence-electron chi connectivity index (χ4n) is 2.79. The molecule has 0 bridgehead atoms. The van der Waals surface area contributed by atoms with Gasteiger partial charge in [0, 0.05) is 36.1 Å². The highest BCUT2D eigenvalue weighted by Gasteiger charge is 2.12. The Labute approximate surface area is 136 Å². The Balaban J connectivity index is 1.51. The summed E-state index contributed by atoms with van der Waals surface area (Å²) in [6.07, 6.45) is 1.30. The number of aryl methyl sites for hydroxylation is 2. The van der Waals surface area contributed by atoms with Crippen LogP contribution in [-0.2, 0) is 11.3 Å². The topological polar surface area (TPSA) is 52.5 Å².